The van der Waals surface area contributed by atoms with Crippen LogP contribution in [0.4, 0.5) is 18.9 Å². The van der Waals surface area contributed by atoms with E-state index in [1.165, 1.54) is 30.7 Å². The largest absolute Gasteiger partial charge is 0.416 e. The van der Waals surface area contributed by atoms with Crippen LogP contribution in [0.2, 0.25) is 0 Å². The highest BCUT2D eigenvalue weighted by molar-refractivity contribution is 7.92. The van der Waals surface area contributed by atoms with Gasteiger partial charge in [-0.05, 0) is 48.7 Å². The number of benzene rings is 2. The number of unbranched alkanes of at least 4 members (excludes halogenated alkanes) is 3. The van der Waals surface area contributed by atoms with E-state index in [1.54, 1.807) is 12.1 Å². The molecule has 0 aliphatic rings. The Morgan fingerprint density at radius 3 is 2.27 bits per heavy atom. The molecule has 0 atom stereocenters. The van der Waals surface area contributed by atoms with Crippen molar-refractivity contribution < 1.29 is 21.6 Å². The van der Waals surface area contributed by atoms with Crippen molar-refractivity contribution in [2.75, 3.05) is 4.72 Å². The number of alkyl halides is 3. The average Bonchev–Trinajstić information content (AvgIpc) is 2.58. The van der Waals surface area contributed by atoms with E-state index in [9.17, 15) is 21.6 Å². The van der Waals surface area contributed by atoms with E-state index in [4.69, 9.17) is 0 Å². The van der Waals surface area contributed by atoms with Crippen LogP contribution in [0.3, 0.4) is 0 Å². The van der Waals surface area contributed by atoms with Gasteiger partial charge in [0.15, 0.2) is 0 Å². The van der Waals surface area contributed by atoms with Crippen molar-refractivity contribution >= 4 is 15.7 Å². The van der Waals surface area contributed by atoms with Gasteiger partial charge in [0, 0.05) is 5.69 Å². The van der Waals surface area contributed by atoms with Crippen molar-refractivity contribution in [3.05, 3.63) is 59.7 Å². The quantitative estimate of drug-likeness (QED) is 0.599. The van der Waals surface area contributed by atoms with Gasteiger partial charge in [0.1, 0.15) is 0 Å². The van der Waals surface area contributed by atoms with Crippen LogP contribution in [-0.2, 0) is 22.6 Å². The average molecular weight is 385 g/mol. The predicted molar refractivity (Wildman–Crippen MR) is 96.5 cm³/mol. The molecule has 0 saturated carbocycles. The van der Waals surface area contributed by atoms with Gasteiger partial charge in [0.2, 0.25) is 0 Å². The fourth-order valence-corrected chi connectivity index (χ4v) is 3.61. The van der Waals surface area contributed by atoms with Crippen LogP contribution in [0.25, 0.3) is 0 Å². The monoisotopic (exact) mass is 385 g/mol. The highest BCUT2D eigenvalue weighted by Gasteiger charge is 2.30. The van der Waals surface area contributed by atoms with Crippen LogP contribution in [-0.4, -0.2) is 8.42 Å². The maximum absolute atomic E-state index is 12.7. The van der Waals surface area contributed by atoms with E-state index in [0.29, 0.717) is 0 Å². The van der Waals surface area contributed by atoms with E-state index in [0.717, 1.165) is 43.4 Å². The van der Waals surface area contributed by atoms with Gasteiger partial charge in [0.05, 0.1) is 10.5 Å². The Kier molecular flexibility index (Phi) is 6.69. The van der Waals surface area contributed by atoms with Crippen molar-refractivity contribution in [2.24, 2.45) is 0 Å². The SMILES string of the molecule is CCCCCCc1ccc(S(=O)(=O)Nc2cccc(C(F)(F)F)c2)cc1. The van der Waals surface area contributed by atoms with Gasteiger partial charge < -0.3 is 0 Å². The van der Waals surface area contributed by atoms with Crippen LogP contribution in [0, 0.1) is 0 Å². The second kappa shape index (κ2) is 8.58. The third-order valence-electron chi connectivity index (χ3n) is 3.99. The van der Waals surface area contributed by atoms with E-state index < -0.39 is 21.8 Å². The van der Waals surface area contributed by atoms with Crippen molar-refractivity contribution in [3.63, 3.8) is 0 Å². The Morgan fingerprint density at radius 1 is 0.962 bits per heavy atom. The fraction of sp³-hybridized carbons (Fsp3) is 0.368. The lowest BCUT2D eigenvalue weighted by atomic mass is 10.1. The van der Waals surface area contributed by atoms with Crippen LogP contribution in [0.15, 0.2) is 53.4 Å². The number of hydrogen-bond donors (Lipinski definition) is 1. The summed E-state index contributed by atoms with van der Waals surface area (Å²) in [5, 5.41) is 0. The van der Waals surface area contributed by atoms with Gasteiger partial charge >= 0.3 is 6.18 Å². The van der Waals surface area contributed by atoms with Gasteiger partial charge in [-0.3, -0.25) is 4.72 Å². The Bertz CT molecular complexity index is 815. The molecule has 1 N–H and O–H groups in total. The molecule has 0 unspecified atom stereocenters. The van der Waals surface area contributed by atoms with Gasteiger partial charge in [0.25, 0.3) is 10.0 Å². The number of sulfonamides is 1. The number of hydrogen-bond acceptors (Lipinski definition) is 2. The second-order valence-electron chi connectivity index (χ2n) is 6.14. The minimum Gasteiger partial charge on any atom is -0.280 e. The highest BCUT2D eigenvalue weighted by atomic mass is 32.2. The fourth-order valence-electron chi connectivity index (χ4n) is 2.56. The molecular weight excluding hydrogens is 363 g/mol. The van der Waals surface area contributed by atoms with Gasteiger partial charge in [-0.25, -0.2) is 8.42 Å². The van der Waals surface area contributed by atoms with E-state index in [1.807, 2.05) is 0 Å². The summed E-state index contributed by atoms with van der Waals surface area (Å²) in [6.07, 6.45) is 0.851. The number of rotatable bonds is 8. The summed E-state index contributed by atoms with van der Waals surface area (Å²) in [6, 6.07) is 10.6. The van der Waals surface area contributed by atoms with Crippen molar-refractivity contribution in [1.29, 1.82) is 0 Å². The standard InChI is InChI=1S/C19H22F3NO2S/c1-2-3-4-5-7-15-10-12-18(13-11-15)26(24,25)23-17-9-6-8-16(14-17)19(20,21)22/h6,8-14,23H,2-5,7H2,1H3. The van der Waals surface area contributed by atoms with E-state index >= 15 is 0 Å². The van der Waals surface area contributed by atoms with E-state index in [-0.39, 0.29) is 10.6 Å². The van der Waals surface area contributed by atoms with Crippen LogP contribution in [0.1, 0.15) is 43.7 Å². The molecule has 2 rings (SSSR count). The molecule has 0 heterocycles. The van der Waals surface area contributed by atoms with Gasteiger partial charge in [-0.15, -0.1) is 0 Å². The molecule has 26 heavy (non-hydrogen) atoms. The molecule has 0 aliphatic heterocycles. The third-order valence-corrected chi connectivity index (χ3v) is 5.39. The summed E-state index contributed by atoms with van der Waals surface area (Å²) < 4.78 is 65.2. The molecule has 142 valence electrons. The Balaban J connectivity index is 2.08. The molecule has 2 aromatic rings. The van der Waals surface area contributed by atoms with Crippen molar-refractivity contribution in [3.8, 4) is 0 Å². The molecule has 7 heteroatoms. The smallest absolute Gasteiger partial charge is 0.280 e. The molecule has 0 amide bonds. The first-order chi connectivity index (χ1) is 12.2. The Labute approximate surface area is 152 Å². The molecule has 0 aliphatic carbocycles. The lowest BCUT2D eigenvalue weighted by molar-refractivity contribution is -0.137. The maximum Gasteiger partial charge on any atom is 0.416 e. The predicted octanol–water partition coefficient (Wildman–Crippen LogP) is 5.63. The number of halogens is 3. The second-order valence-corrected chi connectivity index (χ2v) is 7.82. The minimum atomic E-state index is -4.53. The van der Waals surface area contributed by atoms with Crippen LogP contribution >= 0.6 is 0 Å². The molecule has 0 saturated heterocycles. The summed E-state index contributed by atoms with van der Waals surface area (Å²) in [5.74, 6) is 0. The number of anilines is 1. The molecule has 2 aromatic carbocycles. The molecule has 0 aromatic heterocycles. The van der Waals surface area contributed by atoms with Gasteiger partial charge in [-0.1, -0.05) is 44.4 Å². The summed E-state index contributed by atoms with van der Waals surface area (Å²) in [5.41, 5.74) is 0.0164. The van der Waals surface area contributed by atoms with Gasteiger partial charge in [-0.2, -0.15) is 13.2 Å². The molecule has 3 nitrogen and oxygen atoms in total. The van der Waals surface area contributed by atoms with Crippen molar-refractivity contribution in [1.82, 2.24) is 0 Å². The lowest BCUT2D eigenvalue weighted by Gasteiger charge is -2.11. The molecule has 0 spiro atoms. The van der Waals surface area contributed by atoms with E-state index in [2.05, 4.69) is 11.6 Å². The van der Waals surface area contributed by atoms with Crippen LogP contribution in [0.5, 0.6) is 0 Å². The zero-order valence-electron chi connectivity index (χ0n) is 14.5. The molecule has 0 bridgehead atoms. The first-order valence-corrected chi connectivity index (χ1v) is 10.00. The molecule has 0 fully saturated rings. The zero-order chi connectivity index (χ0) is 19.2. The first-order valence-electron chi connectivity index (χ1n) is 8.51. The maximum atomic E-state index is 12.7. The number of nitrogens with one attached hydrogen (secondary N) is 1. The summed E-state index contributed by atoms with van der Waals surface area (Å²) in [7, 11) is -3.94. The normalized spacial score (nSPS) is 12.2. The summed E-state index contributed by atoms with van der Waals surface area (Å²) in [6.45, 7) is 2.14. The lowest BCUT2D eigenvalue weighted by Crippen LogP contribution is -2.14. The highest BCUT2D eigenvalue weighted by Crippen LogP contribution is 2.31. The van der Waals surface area contributed by atoms with Crippen LogP contribution < -0.4 is 4.72 Å². The minimum absolute atomic E-state index is 0.0206. The topological polar surface area (TPSA) is 46.2 Å². The van der Waals surface area contributed by atoms with Crippen molar-refractivity contribution in [2.45, 2.75) is 50.1 Å². The third kappa shape index (κ3) is 5.76. The summed E-state index contributed by atoms with van der Waals surface area (Å²) >= 11 is 0. The Hall–Kier alpha value is -2.02. The molecular formula is C19H22F3NO2S. The zero-order valence-corrected chi connectivity index (χ0v) is 15.3. The first kappa shape index (κ1) is 20.3. The Morgan fingerprint density at radius 2 is 1.65 bits per heavy atom. The summed E-state index contributed by atoms with van der Waals surface area (Å²) in [4.78, 5) is 0.0206. The number of aryl methyl sites for hydroxylation is 1. The molecule has 0 radical (unpaired) electrons.